The van der Waals surface area contributed by atoms with Crippen molar-refractivity contribution in [2.45, 2.75) is 64.4 Å². The Morgan fingerprint density at radius 3 is 2.20 bits per heavy atom. The molecule has 0 fully saturated rings. The molecule has 9 heteroatoms. The Morgan fingerprint density at radius 1 is 0.902 bits per heavy atom. The lowest BCUT2D eigenvalue weighted by atomic mass is 10.1. The van der Waals surface area contributed by atoms with Crippen molar-refractivity contribution in [3.05, 3.63) is 90.0 Å². The van der Waals surface area contributed by atoms with Crippen molar-refractivity contribution in [3.63, 3.8) is 0 Å². The van der Waals surface area contributed by atoms with Gasteiger partial charge in [0.25, 0.3) is 10.0 Å². The normalized spacial score (nSPS) is 11.9. The van der Waals surface area contributed by atoms with Gasteiger partial charge in [0.15, 0.2) is 0 Å². The van der Waals surface area contributed by atoms with Crippen LogP contribution in [-0.4, -0.2) is 50.9 Å². The van der Waals surface area contributed by atoms with Crippen LogP contribution in [0.4, 0.5) is 5.69 Å². The van der Waals surface area contributed by atoms with Crippen LogP contribution in [0.3, 0.4) is 0 Å². The Morgan fingerprint density at radius 2 is 1.56 bits per heavy atom. The first-order valence-corrected chi connectivity index (χ1v) is 15.6. The van der Waals surface area contributed by atoms with Crippen molar-refractivity contribution in [1.82, 2.24) is 10.2 Å². The molecule has 0 saturated heterocycles. The smallest absolute Gasteiger partial charge is 0.264 e. The Hall–Kier alpha value is -3.85. The third-order valence-electron chi connectivity index (χ3n) is 6.73. The maximum absolute atomic E-state index is 14.2. The van der Waals surface area contributed by atoms with Gasteiger partial charge in [-0.25, -0.2) is 8.42 Å². The number of ether oxygens (including phenoxy) is 1. The summed E-state index contributed by atoms with van der Waals surface area (Å²) in [7, 11) is -4.17. The average molecular weight is 580 g/mol. The Kier molecular flexibility index (Phi) is 11.8. The van der Waals surface area contributed by atoms with Gasteiger partial charge in [-0.15, -0.1) is 0 Å². The summed E-state index contributed by atoms with van der Waals surface area (Å²) < 4.78 is 34.9. The van der Waals surface area contributed by atoms with E-state index in [1.807, 2.05) is 52.0 Å². The molecule has 0 aromatic heterocycles. The second kappa shape index (κ2) is 15.2. The molecular formula is C32H41N3O5S. The highest BCUT2D eigenvalue weighted by molar-refractivity contribution is 7.92. The average Bonchev–Trinajstić information content (AvgIpc) is 2.98. The van der Waals surface area contributed by atoms with Crippen LogP contribution < -0.4 is 14.4 Å². The van der Waals surface area contributed by atoms with E-state index in [9.17, 15) is 18.0 Å². The van der Waals surface area contributed by atoms with Gasteiger partial charge in [0.05, 0.1) is 17.2 Å². The Balaban J connectivity index is 2.06. The molecule has 0 saturated carbocycles. The molecule has 3 rings (SSSR count). The first-order chi connectivity index (χ1) is 19.7. The molecule has 2 amide bonds. The minimum atomic E-state index is -4.17. The van der Waals surface area contributed by atoms with Crippen molar-refractivity contribution < 1.29 is 22.7 Å². The quantitative estimate of drug-likeness (QED) is 0.246. The Bertz CT molecular complexity index is 1380. The first-order valence-electron chi connectivity index (χ1n) is 14.1. The highest BCUT2D eigenvalue weighted by Gasteiger charge is 2.34. The molecule has 0 aliphatic carbocycles. The van der Waals surface area contributed by atoms with Crippen molar-refractivity contribution in [2.24, 2.45) is 0 Å². The zero-order chi connectivity index (χ0) is 29.8. The zero-order valence-corrected chi connectivity index (χ0v) is 25.2. The van der Waals surface area contributed by atoms with E-state index < -0.39 is 28.5 Å². The van der Waals surface area contributed by atoms with Gasteiger partial charge in [0.1, 0.15) is 18.3 Å². The molecule has 3 aromatic rings. The molecule has 1 N–H and O–H groups in total. The molecule has 3 aromatic carbocycles. The van der Waals surface area contributed by atoms with Gasteiger partial charge < -0.3 is 15.0 Å². The van der Waals surface area contributed by atoms with Crippen LogP contribution in [0.25, 0.3) is 0 Å². The Labute approximate surface area is 244 Å². The van der Waals surface area contributed by atoms with E-state index in [0.29, 0.717) is 25.3 Å². The fourth-order valence-corrected chi connectivity index (χ4v) is 5.94. The second-order valence-electron chi connectivity index (χ2n) is 9.80. The molecule has 0 heterocycles. The highest BCUT2D eigenvalue weighted by atomic mass is 32.2. The lowest BCUT2D eigenvalue weighted by molar-refractivity contribution is -0.140. The molecule has 1 atom stereocenters. The van der Waals surface area contributed by atoms with E-state index in [1.54, 1.807) is 42.5 Å². The fraction of sp³-hybridized carbons (Fsp3) is 0.375. The number of carbonyl (C=O) groups is 2. The third kappa shape index (κ3) is 8.33. The number of sulfonamides is 1. The number of hydrogen-bond acceptors (Lipinski definition) is 5. The summed E-state index contributed by atoms with van der Waals surface area (Å²) in [6.07, 6.45) is 2.12. The third-order valence-corrected chi connectivity index (χ3v) is 8.51. The van der Waals surface area contributed by atoms with Crippen LogP contribution >= 0.6 is 0 Å². The fourth-order valence-electron chi connectivity index (χ4n) is 4.49. The number of carbonyl (C=O) groups excluding carboxylic acids is 2. The van der Waals surface area contributed by atoms with Crippen molar-refractivity contribution in [2.75, 3.05) is 24.0 Å². The standard InChI is InChI=1S/C32H41N3O5S/c1-5-8-22-33-32(37)28(6-2)34(23-26-20-18-25(4)19-21-26)31(36)24-35(29-16-12-13-17-30(29)40-7-3)41(38,39)27-14-10-9-11-15-27/h9-21,28H,5-8,22-24H2,1-4H3,(H,33,37)/t28-/m0/s1. The summed E-state index contributed by atoms with van der Waals surface area (Å²) in [5.74, 6) is -0.404. The number of amides is 2. The minimum absolute atomic E-state index is 0.0496. The number of rotatable bonds is 15. The number of aryl methyl sites for hydroxylation is 1. The number of para-hydroxylation sites is 2. The molecule has 0 aliphatic rings. The molecule has 0 bridgehead atoms. The number of hydrogen-bond donors (Lipinski definition) is 1. The van der Waals surface area contributed by atoms with E-state index in [4.69, 9.17) is 4.74 Å². The lowest BCUT2D eigenvalue weighted by Gasteiger charge is -2.33. The molecule has 0 radical (unpaired) electrons. The number of nitrogens with zero attached hydrogens (tertiary/aromatic N) is 2. The lowest BCUT2D eigenvalue weighted by Crippen LogP contribution is -2.52. The van der Waals surface area contributed by atoms with E-state index in [-0.39, 0.29) is 23.0 Å². The van der Waals surface area contributed by atoms with Gasteiger partial charge in [0.2, 0.25) is 11.8 Å². The summed E-state index contributed by atoms with van der Waals surface area (Å²) in [4.78, 5) is 29.0. The summed E-state index contributed by atoms with van der Waals surface area (Å²) in [6.45, 7) is 8.15. The maximum atomic E-state index is 14.2. The molecule has 0 unspecified atom stereocenters. The second-order valence-corrected chi connectivity index (χ2v) is 11.7. The predicted molar refractivity (Wildman–Crippen MR) is 162 cm³/mol. The predicted octanol–water partition coefficient (Wildman–Crippen LogP) is 5.31. The van der Waals surface area contributed by atoms with E-state index in [2.05, 4.69) is 5.32 Å². The maximum Gasteiger partial charge on any atom is 0.264 e. The topological polar surface area (TPSA) is 96.0 Å². The van der Waals surface area contributed by atoms with Crippen LogP contribution in [0.1, 0.15) is 51.2 Å². The molecular weight excluding hydrogens is 538 g/mol. The van der Waals surface area contributed by atoms with Gasteiger partial charge in [-0.05, 0) is 56.5 Å². The van der Waals surface area contributed by atoms with Crippen LogP contribution in [0.5, 0.6) is 5.75 Å². The molecule has 0 aliphatic heterocycles. The number of benzene rings is 3. The van der Waals surface area contributed by atoms with Crippen molar-refractivity contribution in [1.29, 1.82) is 0 Å². The molecule has 41 heavy (non-hydrogen) atoms. The van der Waals surface area contributed by atoms with E-state index in [0.717, 1.165) is 28.3 Å². The zero-order valence-electron chi connectivity index (χ0n) is 24.4. The van der Waals surface area contributed by atoms with Crippen LogP contribution in [0.2, 0.25) is 0 Å². The van der Waals surface area contributed by atoms with Gasteiger partial charge in [-0.3, -0.25) is 13.9 Å². The monoisotopic (exact) mass is 579 g/mol. The van der Waals surface area contributed by atoms with Crippen LogP contribution in [0.15, 0.2) is 83.8 Å². The number of nitrogens with one attached hydrogen (secondary N) is 1. The molecule has 8 nitrogen and oxygen atoms in total. The van der Waals surface area contributed by atoms with Gasteiger partial charge in [-0.1, -0.05) is 80.4 Å². The summed E-state index contributed by atoms with van der Waals surface area (Å²) in [5, 5.41) is 2.95. The number of anilines is 1. The van der Waals surface area contributed by atoms with Crippen LogP contribution in [-0.2, 0) is 26.2 Å². The minimum Gasteiger partial charge on any atom is -0.492 e. The van der Waals surface area contributed by atoms with Crippen LogP contribution in [0, 0.1) is 6.92 Å². The summed E-state index contributed by atoms with van der Waals surface area (Å²) in [6, 6.07) is 21.7. The SMILES string of the molecule is CCCCNC(=O)[C@H](CC)N(Cc1ccc(C)cc1)C(=O)CN(c1ccccc1OCC)S(=O)(=O)c1ccccc1. The van der Waals surface area contributed by atoms with Gasteiger partial charge >= 0.3 is 0 Å². The highest BCUT2D eigenvalue weighted by Crippen LogP contribution is 2.33. The number of unbranched alkanes of at least 4 members (excludes halogenated alkanes) is 1. The largest absolute Gasteiger partial charge is 0.492 e. The van der Waals surface area contributed by atoms with Gasteiger partial charge in [-0.2, -0.15) is 0 Å². The molecule has 0 spiro atoms. The summed E-state index contributed by atoms with van der Waals surface area (Å²) in [5.41, 5.74) is 2.17. The van der Waals surface area contributed by atoms with E-state index >= 15 is 0 Å². The molecule has 220 valence electrons. The van der Waals surface area contributed by atoms with Crippen molar-refractivity contribution >= 4 is 27.5 Å². The summed E-state index contributed by atoms with van der Waals surface area (Å²) >= 11 is 0. The van der Waals surface area contributed by atoms with Gasteiger partial charge in [0, 0.05) is 13.1 Å². The van der Waals surface area contributed by atoms with E-state index in [1.165, 1.54) is 17.0 Å². The first kappa shape index (κ1) is 31.7. The van der Waals surface area contributed by atoms with Crippen molar-refractivity contribution in [3.8, 4) is 5.75 Å².